The number of nitrogens with one attached hydrogen (secondary N) is 5. The van der Waals surface area contributed by atoms with Crippen molar-refractivity contribution in [3.63, 3.8) is 0 Å². The summed E-state index contributed by atoms with van der Waals surface area (Å²) in [6.07, 6.45) is -54.1. The molecule has 0 unspecified atom stereocenters. The standard InChI is InChI=1S/C19H19F6N5O.C18H18F6N6O.C18H17F6N5O2.C18H17F6N5OS/c1-3-30(4-2)16-27-15(26-13-9-8-11-6-5-7-12(11)10-13)28-17(29-16)31-14(18(20,21)22)19(23,24)25;1-3-30(4-2)15-27-14(26-11-6-5-10-7-8-25-12(10)9-11)28-16(29-15)31-13(17(19,20)21)18(22,23)24;1-3-29(4-2)15-26-14(25-11-6-5-10-7-8-30-12(10)9-11)27-16(28-15)31-13(17(19,20)21)18(22,23)24;1-3-29(4-2)15-26-14(25-11-6-5-10-7-8-31-12(10)9-11)27-16(28-15)30-13(17(19,20)21)18(22,23)24/h5,7-10,14H,3-4,6H2,1-2H3,(H,26,27,28,29);5-9,13,25H,3-4H2,1-2H3,(H,26,27,28,29);2*5-9,13H,3-4H2,1-2H3,(H,25,26,27,28). The van der Waals surface area contributed by atoms with Gasteiger partial charge in [-0.2, -0.15) is 165 Å². The van der Waals surface area contributed by atoms with Gasteiger partial charge in [0, 0.05) is 103 Å². The smallest absolute Gasteiger partial charge is 0.434 e. The molecule has 672 valence electrons. The second-order valence-corrected chi connectivity index (χ2v) is 26.6. The maximum Gasteiger partial charge on any atom is 0.434 e. The lowest BCUT2D eigenvalue weighted by atomic mass is 10.1. The van der Waals surface area contributed by atoms with Gasteiger partial charge in [0.05, 0.1) is 6.26 Å². The molecule has 0 radical (unpaired) electrons. The first-order valence-corrected chi connectivity index (χ1v) is 37.6. The molecular weight excluding hydrogens is 1740 g/mol. The minimum atomic E-state index is -5.71. The van der Waals surface area contributed by atoms with Crippen molar-refractivity contribution in [1.82, 2.24) is 64.8 Å². The zero-order chi connectivity index (χ0) is 91.2. The highest BCUT2D eigenvalue weighted by Crippen LogP contribution is 2.42. The maximum absolute atomic E-state index is 12.9. The van der Waals surface area contributed by atoms with Crippen molar-refractivity contribution < 1.29 is 129 Å². The van der Waals surface area contributed by atoms with Crippen LogP contribution in [0.1, 0.15) is 66.5 Å². The Balaban J connectivity index is 0.000000187. The largest absolute Gasteiger partial charge is 0.464 e. The van der Waals surface area contributed by atoms with Gasteiger partial charge in [-0.05, 0) is 156 Å². The number of ether oxygens (including phenoxy) is 4. The summed E-state index contributed by atoms with van der Waals surface area (Å²) in [5, 5.41) is 15.7. The molecule has 7 heterocycles. The van der Waals surface area contributed by atoms with Gasteiger partial charge in [0.1, 0.15) is 5.58 Å². The van der Waals surface area contributed by atoms with Gasteiger partial charge in [0.2, 0.25) is 47.6 Å². The molecule has 0 amide bonds. The van der Waals surface area contributed by atoms with E-state index in [0.29, 0.717) is 80.7 Å². The highest BCUT2D eigenvalue weighted by atomic mass is 32.1. The van der Waals surface area contributed by atoms with E-state index in [9.17, 15) is 105 Å². The monoisotopic (exact) mass is 1810 g/mol. The van der Waals surface area contributed by atoms with Crippen LogP contribution in [-0.4, -0.2) is 191 Å². The van der Waals surface area contributed by atoms with E-state index in [-0.39, 0.29) is 47.6 Å². The highest BCUT2D eigenvalue weighted by Gasteiger charge is 2.63. The fourth-order valence-electron chi connectivity index (χ4n) is 11.1. The average Bonchev–Trinajstić information content (AvgIpc) is 0.871. The Kier molecular flexibility index (Phi) is 30.3. The molecule has 4 aromatic carbocycles. The summed E-state index contributed by atoms with van der Waals surface area (Å²) < 4.78 is 333. The van der Waals surface area contributed by atoms with Gasteiger partial charge >= 0.3 is 73.5 Å². The molecule has 12 rings (SSSR count). The minimum absolute atomic E-state index is 0.110. The van der Waals surface area contributed by atoms with Crippen LogP contribution in [0.15, 0.2) is 119 Å². The zero-order valence-corrected chi connectivity index (χ0v) is 66.2. The Morgan fingerprint density at radius 3 is 1.04 bits per heavy atom. The quantitative estimate of drug-likeness (QED) is 0.0285. The number of rotatable bonds is 28. The molecule has 11 aromatic rings. The van der Waals surface area contributed by atoms with Crippen molar-refractivity contribution in [2.75, 3.05) is 93.2 Å². The van der Waals surface area contributed by atoms with Gasteiger partial charge in [0.25, 0.3) is 24.4 Å². The van der Waals surface area contributed by atoms with E-state index < -0.39 is 97.9 Å². The van der Waals surface area contributed by atoms with E-state index in [4.69, 9.17) is 4.42 Å². The van der Waals surface area contributed by atoms with Crippen LogP contribution >= 0.6 is 11.3 Å². The van der Waals surface area contributed by atoms with Gasteiger partial charge in [-0.15, -0.1) is 11.3 Å². The average molecular weight is 1810 g/mol. The third-order valence-corrected chi connectivity index (χ3v) is 18.0. The van der Waals surface area contributed by atoms with Gasteiger partial charge in [-0.1, -0.05) is 30.4 Å². The van der Waals surface area contributed by atoms with E-state index in [1.807, 2.05) is 35.7 Å². The number of benzene rings is 4. The molecule has 0 bridgehead atoms. The number of hydrogen-bond acceptors (Lipinski definition) is 26. The molecule has 0 atom stereocenters. The summed E-state index contributed by atoms with van der Waals surface area (Å²) in [4.78, 5) is 54.7. The Labute approximate surface area is 689 Å². The first-order valence-electron chi connectivity index (χ1n) is 36.7. The molecule has 124 heavy (non-hydrogen) atoms. The van der Waals surface area contributed by atoms with Crippen LogP contribution < -0.4 is 59.8 Å². The minimum Gasteiger partial charge on any atom is -0.464 e. The van der Waals surface area contributed by atoms with Crippen LogP contribution in [0, 0.1) is 0 Å². The number of fused-ring (bicyclic) bond motifs is 4. The Morgan fingerprint density at radius 1 is 0.363 bits per heavy atom. The fraction of sp³-hybridized carbons (Fsp3) is 0.397. The molecule has 26 nitrogen and oxygen atoms in total. The van der Waals surface area contributed by atoms with E-state index in [2.05, 4.69) is 105 Å². The fourth-order valence-corrected chi connectivity index (χ4v) is 12.0. The van der Waals surface area contributed by atoms with Crippen LogP contribution in [0.3, 0.4) is 0 Å². The van der Waals surface area contributed by atoms with Gasteiger partial charge in [-0.25, -0.2) is 0 Å². The van der Waals surface area contributed by atoms with Gasteiger partial charge in [0.15, 0.2) is 0 Å². The Bertz CT molecular complexity index is 4910. The second kappa shape index (κ2) is 39.4. The van der Waals surface area contributed by atoms with Crippen molar-refractivity contribution in [2.45, 2.75) is 136 Å². The molecule has 1 aliphatic carbocycles. The summed E-state index contributed by atoms with van der Waals surface area (Å²) >= 11 is 1.47. The first kappa shape index (κ1) is 95.5. The summed E-state index contributed by atoms with van der Waals surface area (Å²) in [5.41, 5.74) is 5.16. The third-order valence-electron chi connectivity index (χ3n) is 17.1. The maximum atomic E-state index is 12.9. The van der Waals surface area contributed by atoms with Crippen LogP contribution in [0.4, 0.5) is 176 Å². The number of furan rings is 1. The second-order valence-electron chi connectivity index (χ2n) is 25.6. The van der Waals surface area contributed by atoms with E-state index in [1.165, 1.54) is 27.4 Å². The molecule has 0 spiro atoms. The number of anilines is 12. The van der Waals surface area contributed by atoms with Crippen molar-refractivity contribution in [3.05, 3.63) is 126 Å². The molecule has 7 aromatic heterocycles. The van der Waals surface area contributed by atoms with Crippen molar-refractivity contribution in [1.29, 1.82) is 0 Å². The lowest BCUT2D eigenvalue weighted by Crippen LogP contribution is -2.47. The van der Waals surface area contributed by atoms with Crippen LogP contribution in [0.5, 0.6) is 24.0 Å². The molecule has 5 N–H and O–H groups in total. The highest BCUT2D eigenvalue weighted by molar-refractivity contribution is 7.17. The van der Waals surface area contributed by atoms with Crippen LogP contribution in [-0.2, 0) is 6.42 Å². The number of thiophene rings is 1. The van der Waals surface area contributed by atoms with E-state index >= 15 is 0 Å². The molecule has 0 fully saturated rings. The molecule has 0 saturated heterocycles. The normalized spacial score (nSPS) is 12.7. The predicted octanol–water partition coefficient (Wildman–Crippen LogP) is 20.3. The van der Waals surface area contributed by atoms with Crippen molar-refractivity contribution in [2.24, 2.45) is 0 Å². The molecule has 0 saturated carbocycles. The molecule has 1 aliphatic rings. The molecule has 51 heteroatoms. The summed E-state index contributed by atoms with van der Waals surface area (Å²) in [7, 11) is 0. The third kappa shape index (κ3) is 25.9. The number of nitrogens with zero attached hydrogens (tertiary/aromatic N) is 16. The summed E-state index contributed by atoms with van der Waals surface area (Å²) in [6.45, 7) is 16.7. The summed E-state index contributed by atoms with van der Waals surface area (Å²) in [5.74, 6) is -1.52. The number of halogens is 24. The number of H-pyrrole nitrogens is 1. The van der Waals surface area contributed by atoms with Gasteiger partial charge in [-0.3, -0.25) is 0 Å². The SMILES string of the molecule is CCN(CC)c1nc(Nc2ccc3c(c2)C=CC3)nc(OC(C(F)(F)F)C(F)(F)F)n1.CCN(CC)c1nc(Nc2ccc3cc[nH]c3c2)nc(OC(C(F)(F)F)C(F)(F)F)n1.CCN(CC)c1nc(Nc2ccc3ccoc3c2)nc(OC(C(F)(F)F)C(F)(F)F)n1.CCN(CC)c1nc(Nc2ccc3ccsc3c2)nc(OC(C(F)(F)F)C(F)(F)F)n1. The Morgan fingerprint density at radius 2 is 0.685 bits per heavy atom. The number of allylic oxidation sites excluding steroid dienone is 1. The number of aromatic nitrogens is 13. The number of hydrogen-bond donors (Lipinski definition) is 5. The molecule has 0 aliphatic heterocycles. The van der Waals surface area contributed by atoms with Crippen molar-refractivity contribution >= 4 is 120 Å². The number of alkyl halides is 24. The predicted molar refractivity (Wildman–Crippen MR) is 408 cm³/mol. The zero-order valence-electron chi connectivity index (χ0n) is 65.4. The van der Waals surface area contributed by atoms with Crippen molar-refractivity contribution in [3.8, 4) is 24.0 Å². The lowest BCUT2D eigenvalue weighted by Gasteiger charge is -2.24. The Hall–Kier alpha value is -12.4. The lowest BCUT2D eigenvalue weighted by molar-refractivity contribution is -0.302. The van der Waals surface area contributed by atoms with Crippen LogP contribution in [0.25, 0.3) is 38.0 Å². The first-order chi connectivity index (χ1) is 58.0. The summed E-state index contributed by atoms with van der Waals surface area (Å²) in [6, 6.07) is 21.7. The molecular formula is C73H71F24N21O5S. The van der Waals surface area contributed by atoms with Gasteiger partial charge < -0.3 is 69.2 Å². The topological polar surface area (TPSA) is 282 Å². The van der Waals surface area contributed by atoms with E-state index in [1.54, 1.807) is 144 Å². The number of aromatic amines is 1. The van der Waals surface area contributed by atoms with E-state index in [0.717, 1.165) is 43.9 Å². The van der Waals surface area contributed by atoms with Crippen LogP contribution in [0.2, 0.25) is 0 Å².